The van der Waals surface area contributed by atoms with Gasteiger partial charge in [0.1, 0.15) is 0 Å². The molecule has 1 atom stereocenters. The second kappa shape index (κ2) is 5.84. The van der Waals surface area contributed by atoms with Gasteiger partial charge in [0.25, 0.3) is 0 Å². The summed E-state index contributed by atoms with van der Waals surface area (Å²) in [5, 5.41) is 9.99. The first-order valence-corrected chi connectivity index (χ1v) is 8.03. The summed E-state index contributed by atoms with van der Waals surface area (Å²) in [7, 11) is 0. The van der Waals surface area contributed by atoms with Crippen LogP contribution in [0.3, 0.4) is 0 Å². The second-order valence-corrected chi connectivity index (χ2v) is 6.67. The first kappa shape index (κ1) is 14.9. The van der Waals surface area contributed by atoms with Crippen molar-refractivity contribution >= 4 is 21.6 Å². The van der Waals surface area contributed by atoms with Crippen LogP contribution in [-0.2, 0) is 0 Å². The monoisotopic (exact) mass is 325 g/mol. The molecule has 0 aromatic heterocycles. The summed E-state index contributed by atoms with van der Waals surface area (Å²) in [6.45, 7) is 8.65. The lowest BCUT2D eigenvalue weighted by Crippen LogP contribution is -2.27. The highest BCUT2D eigenvalue weighted by Crippen LogP contribution is 2.41. The van der Waals surface area contributed by atoms with Crippen LogP contribution in [-0.4, -0.2) is 18.2 Å². The Morgan fingerprint density at radius 2 is 2.05 bits per heavy atom. The lowest BCUT2D eigenvalue weighted by Gasteiger charge is -2.28. The quantitative estimate of drug-likeness (QED) is 0.879. The molecule has 3 heteroatoms. The Balaban J connectivity index is 2.29. The Hall–Kier alpha value is -0.540. The summed E-state index contributed by atoms with van der Waals surface area (Å²) in [4.78, 5) is 2.45. The number of nitrogens with zero attached hydrogens (tertiary/aromatic N) is 1. The van der Waals surface area contributed by atoms with E-state index in [9.17, 15) is 5.11 Å². The van der Waals surface area contributed by atoms with E-state index in [2.05, 4.69) is 46.8 Å². The van der Waals surface area contributed by atoms with Crippen LogP contribution in [0.4, 0.5) is 5.69 Å². The maximum absolute atomic E-state index is 9.99. The van der Waals surface area contributed by atoms with Gasteiger partial charge in [0.2, 0.25) is 0 Å². The Morgan fingerprint density at radius 3 is 2.58 bits per heavy atom. The molecule has 0 radical (unpaired) electrons. The number of benzene rings is 1. The van der Waals surface area contributed by atoms with E-state index in [1.54, 1.807) is 0 Å². The van der Waals surface area contributed by atoms with Crippen LogP contribution in [0.15, 0.2) is 22.7 Å². The molecule has 1 aliphatic heterocycles. The van der Waals surface area contributed by atoms with Gasteiger partial charge >= 0.3 is 0 Å². The number of rotatable bonds is 4. The van der Waals surface area contributed by atoms with Crippen LogP contribution in [0.1, 0.15) is 51.7 Å². The highest BCUT2D eigenvalue weighted by atomic mass is 79.9. The van der Waals surface area contributed by atoms with Crippen LogP contribution in [0.5, 0.6) is 0 Å². The summed E-state index contributed by atoms with van der Waals surface area (Å²) in [5.74, 6) is 0. The predicted molar refractivity (Wildman–Crippen MR) is 84.6 cm³/mol. The van der Waals surface area contributed by atoms with Gasteiger partial charge in [-0.2, -0.15) is 0 Å². The van der Waals surface area contributed by atoms with Crippen LogP contribution in [0.25, 0.3) is 0 Å². The lowest BCUT2D eigenvalue weighted by atomic mass is 9.82. The molecule has 1 saturated heterocycles. The maximum atomic E-state index is 9.99. The highest BCUT2D eigenvalue weighted by molar-refractivity contribution is 9.10. The number of aliphatic hydroxyl groups is 1. The SMILES string of the molecule is CCC1(CC)CCN(c2ccc(Br)cc2C(C)O)C1. The largest absolute Gasteiger partial charge is 0.389 e. The van der Waals surface area contributed by atoms with Gasteiger partial charge in [0, 0.05) is 28.8 Å². The smallest absolute Gasteiger partial charge is 0.0782 e. The first-order chi connectivity index (χ1) is 9.01. The molecule has 1 N–H and O–H groups in total. The molecule has 0 amide bonds. The van der Waals surface area contributed by atoms with Gasteiger partial charge in [-0.1, -0.05) is 29.8 Å². The molecule has 2 nitrogen and oxygen atoms in total. The van der Waals surface area contributed by atoms with Crippen molar-refractivity contribution in [2.24, 2.45) is 5.41 Å². The number of aliphatic hydroxyl groups excluding tert-OH is 1. The fourth-order valence-corrected chi connectivity index (χ4v) is 3.49. The molecule has 106 valence electrons. The average molecular weight is 326 g/mol. The molecule has 1 unspecified atom stereocenters. The van der Waals surface area contributed by atoms with Gasteiger partial charge in [-0.3, -0.25) is 0 Å². The predicted octanol–water partition coefficient (Wildman–Crippen LogP) is 4.52. The van der Waals surface area contributed by atoms with Crippen molar-refractivity contribution in [2.75, 3.05) is 18.0 Å². The van der Waals surface area contributed by atoms with Gasteiger partial charge in [0.15, 0.2) is 0 Å². The van der Waals surface area contributed by atoms with Crippen LogP contribution in [0.2, 0.25) is 0 Å². The zero-order valence-corrected chi connectivity index (χ0v) is 13.7. The van der Waals surface area contributed by atoms with Crippen molar-refractivity contribution in [3.8, 4) is 0 Å². The summed E-state index contributed by atoms with van der Waals surface area (Å²) in [6, 6.07) is 6.24. The zero-order valence-electron chi connectivity index (χ0n) is 12.1. The molecular weight excluding hydrogens is 302 g/mol. The zero-order chi connectivity index (χ0) is 14.0. The summed E-state index contributed by atoms with van der Waals surface area (Å²) in [5.41, 5.74) is 2.68. The van der Waals surface area contributed by atoms with Crippen molar-refractivity contribution in [3.05, 3.63) is 28.2 Å². The molecule has 0 saturated carbocycles. The minimum absolute atomic E-state index is 0.425. The summed E-state index contributed by atoms with van der Waals surface area (Å²) in [6.07, 6.45) is 3.31. The molecule has 1 fully saturated rings. The van der Waals surface area contributed by atoms with Gasteiger partial charge < -0.3 is 10.0 Å². The van der Waals surface area contributed by atoms with Crippen LogP contribution in [0, 0.1) is 5.41 Å². The molecule has 0 spiro atoms. The second-order valence-electron chi connectivity index (χ2n) is 5.76. The van der Waals surface area contributed by atoms with Gasteiger partial charge in [-0.25, -0.2) is 0 Å². The summed E-state index contributed by atoms with van der Waals surface area (Å²) < 4.78 is 1.03. The van der Waals surface area contributed by atoms with Crippen molar-refractivity contribution in [1.82, 2.24) is 0 Å². The average Bonchev–Trinajstić information content (AvgIpc) is 2.83. The number of anilines is 1. The molecule has 2 rings (SSSR count). The minimum Gasteiger partial charge on any atom is -0.389 e. The number of hydrogen-bond donors (Lipinski definition) is 1. The lowest BCUT2D eigenvalue weighted by molar-refractivity contribution is 0.199. The molecule has 1 heterocycles. The van der Waals surface area contributed by atoms with E-state index in [0.29, 0.717) is 5.41 Å². The topological polar surface area (TPSA) is 23.5 Å². The van der Waals surface area contributed by atoms with Gasteiger partial charge in [-0.05, 0) is 49.8 Å². The third-order valence-electron chi connectivity index (χ3n) is 4.72. The van der Waals surface area contributed by atoms with Crippen molar-refractivity contribution in [1.29, 1.82) is 0 Å². The number of halogens is 1. The Morgan fingerprint density at radius 1 is 1.37 bits per heavy atom. The fraction of sp³-hybridized carbons (Fsp3) is 0.625. The van der Waals surface area contributed by atoms with Crippen molar-refractivity contribution in [3.63, 3.8) is 0 Å². The van der Waals surface area contributed by atoms with E-state index < -0.39 is 6.10 Å². The van der Waals surface area contributed by atoms with Crippen molar-refractivity contribution in [2.45, 2.75) is 46.1 Å². The maximum Gasteiger partial charge on any atom is 0.0782 e. The molecule has 0 bridgehead atoms. The standard InChI is InChI=1S/C16H24BrNO/c1-4-16(5-2)8-9-18(11-16)15-7-6-13(17)10-14(15)12(3)19/h6-7,10,12,19H,4-5,8-9,11H2,1-3H3. The first-order valence-electron chi connectivity index (χ1n) is 7.24. The Labute approximate surface area is 124 Å². The van der Waals surface area contributed by atoms with E-state index in [1.165, 1.54) is 24.9 Å². The summed E-state index contributed by atoms with van der Waals surface area (Å²) >= 11 is 3.49. The van der Waals surface area contributed by atoms with E-state index >= 15 is 0 Å². The van der Waals surface area contributed by atoms with Crippen LogP contribution >= 0.6 is 15.9 Å². The molecule has 0 aliphatic carbocycles. The third kappa shape index (κ3) is 2.97. The van der Waals surface area contributed by atoms with Gasteiger partial charge in [-0.15, -0.1) is 0 Å². The normalized spacial score (nSPS) is 19.7. The minimum atomic E-state index is -0.425. The molecule has 19 heavy (non-hydrogen) atoms. The fourth-order valence-electron chi connectivity index (χ4n) is 3.12. The molecule has 1 aromatic rings. The van der Waals surface area contributed by atoms with E-state index in [4.69, 9.17) is 0 Å². The van der Waals surface area contributed by atoms with Gasteiger partial charge in [0.05, 0.1) is 6.10 Å². The Kier molecular flexibility index (Phi) is 4.57. The van der Waals surface area contributed by atoms with E-state index in [1.807, 2.05) is 13.0 Å². The van der Waals surface area contributed by atoms with Crippen molar-refractivity contribution < 1.29 is 5.11 Å². The number of hydrogen-bond acceptors (Lipinski definition) is 2. The van der Waals surface area contributed by atoms with Crippen LogP contribution < -0.4 is 4.90 Å². The molecule has 1 aliphatic rings. The molecule has 1 aromatic carbocycles. The third-order valence-corrected chi connectivity index (χ3v) is 5.21. The van der Waals surface area contributed by atoms with E-state index in [-0.39, 0.29) is 0 Å². The molecular formula is C16H24BrNO. The van der Waals surface area contributed by atoms with E-state index in [0.717, 1.165) is 23.1 Å². The highest BCUT2D eigenvalue weighted by Gasteiger charge is 2.35. The Bertz CT molecular complexity index is 440.